The number of fused-ring (bicyclic) bond motifs is 1. The predicted molar refractivity (Wildman–Crippen MR) is 91.9 cm³/mol. The highest BCUT2D eigenvalue weighted by Gasteiger charge is 2.59. The summed E-state index contributed by atoms with van der Waals surface area (Å²) in [5, 5.41) is 2.58. The molecule has 0 saturated heterocycles. The van der Waals surface area contributed by atoms with Crippen molar-refractivity contribution in [1.82, 2.24) is 0 Å². The number of hydrogen-bond acceptors (Lipinski definition) is 3. The minimum atomic E-state index is -1.93. The Bertz CT molecular complexity index is 863. The molecule has 1 aliphatic heterocycles. The van der Waals surface area contributed by atoms with Crippen LogP contribution in [-0.4, -0.2) is 24.1 Å². The molecule has 2 aromatic carbocycles. The first-order chi connectivity index (χ1) is 11.9. The van der Waals surface area contributed by atoms with Crippen molar-refractivity contribution >= 4 is 29.0 Å². The molecule has 0 fully saturated rings. The average Bonchev–Trinajstić information content (AvgIpc) is 2.85. The van der Waals surface area contributed by atoms with Gasteiger partial charge in [0.1, 0.15) is 5.82 Å². The fraction of sp³-hybridized carbons (Fsp3) is 0.211. The van der Waals surface area contributed by atoms with Gasteiger partial charge in [-0.05, 0) is 44.2 Å². The van der Waals surface area contributed by atoms with Crippen LogP contribution in [0.4, 0.5) is 15.8 Å². The molecule has 0 aromatic heterocycles. The van der Waals surface area contributed by atoms with Gasteiger partial charge in [-0.15, -0.1) is 0 Å². The minimum absolute atomic E-state index is 0.312. The number of hydrogen-bond donors (Lipinski definition) is 1. The summed E-state index contributed by atoms with van der Waals surface area (Å²) in [7, 11) is 0. The number of Topliss-reactive ketones (excluding diaryl/α,β-unsaturated/α-hetero) is 1. The number of halogens is 1. The molecule has 25 heavy (non-hydrogen) atoms. The fourth-order valence-electron chi connectivity index (χ4n) is 3.24. The summed E-state index contributed by atoms with van der Waals surface area (Å²) < 4.78 is 13.1. The van der Waals surface area contributed by atoms with Crippen LogP contribution in [-0.2, 0) is 19.8 Å². The summed E-state index contributed by atoms with van der Waals surface area (Å²) in [5.41, 5.74) is -0.693. The molecule has 3 rings (SSSR count). The summed E-state index contributed by atoms with van der Waals surface area (Å²) in [6.07, 6.45) is 0. The largest absolute Gasteiger partial charge is 0.324 e. The number of nitrogens with zero attached hydrogens (tertiary/aromatic N) is 1. The maximum absolute atomic E-state index is 13.1. The van der Waals surface area contributed by atoms with Crippen molar-refractivity contribution in [2.75, 3.05) is 16.8 Å². The molecule has 0 saturated carbocycles. The van der Waals surface area contributed by atoms with Gasteiger partial charge in [0.15, 0.2) is 5.78 Å². The Morgan fingerprint density at radius 2 is 1.76 bits per heavy atom. The number of likely N-dealkylation sites (N-methyl/N-ethyl adjacent to an activating group) is 1. The maximum atomic E-state index is 13.1. The molecule has 5 nitrogen and oxygen atoms in total. The van der Waals surface area contributed by atoms with Crippen molar-refractivity contribution in [3.63, 3.8) is 0 Å². The topological polar surface area (TPSA) is 66.5 Å². The Labute approximate surface area is 144 Å². The van der Waals surface area contributed by atoms with E-state index in [1.54, 1.807) is 31.2 Å². The third-order valence-corrected chi connectivity index (χ3v) is 4.45. The molecular formula is C19H17FN2O3. The Morgan fingerprint density at radius 1 is 1.12 bits per heavy atom. The Hall–Kier alpha value is -3.02. The first-order valence-electron chi connectivity index (χ1n) is 7.92. The summed E-state index contributed by atoms with van der Waals surface area (Å²) in [4.78, 5) is 40.0. The van der Waals surface area contributed by atoms with Crippen molar-refractivity contribution in [3.8, 4) is 0 Å². The van der Waals surface area contributed by atoms with Crippen LogP contribution in [0.1, 0.15) is 19.4 Å². The number of carbonyl (C=O) groups excluding carboxylic acids is 3. The van der Waals surface area contributed by atoms with E-state index >= 15 is 0 Å². The van der Waals surface area contributed by atoms with Crippen LogP contribution in [0.2, 0.25) is 0 Å². The van der Waals surface area contributed by atoms with E-state index in [0.29, 0.717) is 23.5 Å². The number of amides is 2. The van der Waals surface area contributed by atoms with Gasteiger partial charge in [-0.1, -0.05) is 18.2 Å². The second-order valence-electron chi connectivity index (χ2n) is 5.83. The molecule has 2 amide bonds. The quantitative estimate of drug-likeness (QED) is 0.870. The van der Waals surface area contributed by atoms with Gasteiger partial charge in [0.25, 0.3) is 11.8 Å². The summed E-state index contributed by atoms with van der Waals surface area (Å²) in [6.45, 7) is 3.36. The van der Waals surface area contributed by atoms with Crippen LogP contribution >= 0.6 is 0 Å². The second kappa shape index (κ2) is 6.12. The fourth-order valence-corrected chi connectivity index (χ4v) is 3.24. The van der Waals surface area contributed by atoms with E-state index in [9.17, 15) is 18.8 Å². The molecule has 128 valence electrons. The van der Waals surface area contributed by atoms with Gasteiger partial charge in [0, 0.05) is 23.5 Å². The molecule has 6 heteroatoms. The molecule has 0 spiro atoms. The van der Waals surface area contributed by atoms with Gasteiger partial charge >= 0.3 is 0 Å². The van der Waals surface area contributed by atoms with Crippen molar-refractivity contribution in [2.24, 2.45) is 0 Å². The normalized spacial score (nSPS) is 18.8. The number of benzene rings is 2. The number of nitrogens with one attached hydrogen (secondary N) is 1. The molecule has 1 heterocycles. The zero-order valence-electron chi connectivity index (χ0n) is 13.9. The van der Waals surface area contributed by atoms with Crippen LogP contribution in [0.3, 0.4) is 0 Å². The lowest BCUT2D eigenvalue weighted by Crippen LogP contribution is -2.53. The SMILES string of the molecule is CCN1C(=O)C(C(C)=O)(C(=O)Nc2ccc(F)cc2)c2ccccc21. The molecule has 0 aliphatic carbocycles. The summed E-state index contributed by atoms with van der Waals surface area (Å²) in [5.74, 6) is -2.30. The Balaban J connectivity index is 2.11. The molecule has 1 N–H and O–H groups in total. The van der Waals surface area contributed by atoms with E-state index in [4.69, 9.17) is 0 Å². The standard InChI is InChI=1S/C19H17FN2O3/c1-3-22-16-7-5-4-6-15(16)19(12(2)23,18(22)25)17(24)21-14-10-8-13(20)9-11-14/h4-11H,3H2,1-2H3,(H,21,24). The minimum Gasteiger partial charge on any atom is -0.324 e. The lowest BCUT2D eigenvalue weighted by molar-refractivity contribution is -0.139. The van der Waals surface area contributed by atoms with Crippen LogP contribution in [0.5, 0.6) is 0 Å². The number of anilines is 2. The number of para-hydroxylation sites is 1. The third-order valence-electron chi connectivity index (χ3n) is 4.45. The highest BCUT2D eigenvalue weighted by atomic mass is 19.1. The van der Waals surface area contributed by atoms with Gasteiger partial charge in [-0.25, -0.2) is 4.39 Å². The highest BCUT2D eigenvalue weighted by molar-refractivity contribution is 6.37. The van der Waals surface area contributed by atoms with Crippen molar-refractivity contribution < 1.29 is 18.8 Å². The van der Waals surface area contributed by atoms with E-state index in [-0.39, 0.29) is 0 Å². The second-order valence-corrected chi connectivity index (χ2v) is 5.83. The van der Waals surface area contributed by atoms with Crippen molar-refractivity contribution in [2.45, 2.75) is 19.3 Å². The van der Waals surface area contributed by atoms with Crippen LogP contribution in [0.25, 0.3) is 0 Å². The first-order valence-corrected chi connectivity index (χ1v) is 7.92. The molecule has 0 radical (unpaired) electrons. The lowest BCUT2D eigenvalue weighted by Gasteiger charge is -2.25. The van der Waals surface area contributed by atoms with E-state index in [2.05, 4.69) is 5.32 Å². The number of ketones is 1. The van der Waals surface area contributed by atoms with Gasteiger partial charge in [-0.2, -0.15) is 0 Å². The number of carbonyl (C=O) groups is 3. The van der Waals surface area contributed by atoms with Crippen LogP contribution < -0.4 is 10.2 Å². The Kier molecular flexibility index (Phi) is 4.12. The zero-order valence-corrected chi connectivity index (χ0v) is 13.9. The van der Waals surface area contributed by atoms with E-state index in [1.165, 1.54) is 36.1 Å². The maximum Gasteiger partial charge on any atom is 0.254 e. The highest BCUT2D eigenvalue weighted by Crippen LogP contribution is 2.43. The van der Waals surface area contributed by atoms with Crippen molar-refractivity contribution in [3.05, 3.63) is 59.9 Å². The van der Waals surface area contributed by atoms with Crippen molar-refractivity contribution in [1.29, 1.82) is 0 Å². The van der Waals surface area contributed by atoms with Crippen LogP contribution in [0, 0.1) is 5.82 Å². The molecule has 1 unspecified atom stereocenters. The third kappa shape index (κ3) is 2.41. The van der Waals surface area contributed by atoms with E-state index < -0.39 is 28.8 Å². The smallest absolute Gasteiger partial charge is 0.254 e. The van der Waals surface area contributed by atoms with E-state index in [1.807, 2.05) is 0 Å². The molecule has 0 bridgehead atoms. The zero-order chi connectivity index (χ0) is 18.2. The molecular weight excluding hydrogens is 323 g/mol. The van der Waals surface area contributed by atoms with Crippen LogP contribution in [0.15, 0.2) is 48.5 Å². The lowest BCUT2D eigenvalue weighted by atomic mass is 9.77. The van der Waals surface area contributed by atoms with Gasteiger partial charge in [-0.3, -0.25) is 14.4 Å². The van der Waals surface area contributed by atoms with E-state index in [0.717, 1.165) is 0 Å². The van der Waals surface area contributed by atoms with Gasteiger partial charge < -0.3 is 10.2 Å². The molecule has 1 atom stereocenters. The monoisotopic (exact) mass is 340 g/mol. The Morgan fingerprint density at radius 3 is 2.36 bits per heavy atom. The molecule has 2 aromatic rings. The first kappa shape index (κ1) is 16.8. The summed E-state index contributed by atoms with van der Waals surface area (Å²) in [6, 6.07) is 11.9. The number of rotatable bonds is 4. The van der Waals surface area contributed by atoms with Gasteiger partial charge in [0.05, 0.1) is 0 Å². The summed E-state index contributed by atoms with van der Waals surface area (Å²) >= 11 is 0. The molecule has 1 aliphatic rings. The average molecular weight is 340 g/mol. The predicted octanol–water partition coefficient (Wildman–Crippen LogP) is 2.66. The van der Waals surface area contributed by atoms with Gasteiger partial charge in [0.2, 0.25) is 5.41 Å².